The number of hydrogen-bond acceptors (Lipinski definition) is 5. The summed E-state index contributed by atoms with van der Waals surface area (Å²) < 4.78 is 6.83. The maximum atomic E-state index is 13.4. The molecule has 0 atom stereocenters. The van der Waals surface area contributed by atoms with Crippen LogP contribution in [0.15, 0.2) is 77.6 Å². The minimum absolute atomic E-state index is 0.112. The lowest BCUT2D eigenvalue weighted by molar-refractivity contribution is 0.0655. The second-order valence-corrected chi connectivity index (χ2v) is 7.44. The largest absolute Gasteiger partial charge is 0.497 e. The monoisotopic (exact) mass is 425 g/mol. The minimum Gasteiger partial charge on any atom is -0.497 e. The average molecular weight is 425 g/mol. The summed E-state index contributed by atoms with van der Waals surface area (Å²) in [6.45, 7) is 0.112. The summed E-state index contributed by atoms with van der Waals surface area (Å²) in [5.74, 6) is 0.399. The number of amides is 2. The molecule has 2 amide bonds. The summed E-state index contributed by atoms with van der Waals surface area (Å²) >= 11 is 0. The Morgan fingerprint density at radius 1 is 0.844 bits per heavy atom. The Labute approximate surface area is 183 Å². The molecule has 32 heavy (non-hydrogen) atoms. The third-order valence-corrected chi connectivity index (χ3v) is 5.59. The van der Waals surface area contributed by atoms with Crippen LogP contribution in [-0.4, -0.2) is 39.9 Å². The molecule has 0 N–H and O–H groups in total. The van der Waals surface area contributed by atoms with Crippen molar-refractivity contribution in [2.75, 3.05) is 13.7 Å². The van der Waals surface area contributed by atoms with Crippen LogP contribution in [-0.2, 0) is 6.42 Å². The maximum absolute atomic E-state index is 13.4. The molecule has 0 radical (unpaired) electrons. The Morgan fingerprint density at radius 2 is 1.53 bits per heavy atom. The fourth-order valence-corrected chi connectivity index (χ4v) is 4.02. The lowest BCUT2D eigenvalue weighted by atomic mass is 10.1. The number of ether oxygens (including phenoxy) is 1. The summed E-state index contributed by atoms with van der Waals surface area (Å²) in [6.07, 6.45) is 0.225. The number of methoxy groups -OCH3 is 1. The van der Waals surface area contributed by atoms with Crippen molar-refractivity contribution in [3.8, 4) is 11.4 Å². The second-order valence-electron chi connectivity index (χ2n) is 7.44. The SMILES string of the molecule is COc1cccc(-n2c(CCN3C(=O)c4ccccc4C3=O)nc3ccccc3c2=O)c1. The Balaban J connectivity index is 1.57. The van der Waals surface area contributed by atoms with Gasteiger partial charge >= 0.3 is 0 Å². The summed E-state index contributed by atoms with van der Waals surface area (Å²) in [7, 11) is 1.56. The Hall–Kier alpha value is -4.26. The lowest BCUT2D eigenvalue weighted by Gasteiger charge is -2.17. The zero-order chi connectivity index (χ0) is 22.2. The molecule has 0 spiro atoms. The normalized spacial score (nSPS) is 13.0. The second kappa shape index (κ2) is 7.77. The predicted molar refractivity (Wildman–Crippen MR) is 119 cm³/mol. The van der Waals surface area contributed by atoms with Crippen LogP contribution < -0.4 is 10.3 Å². The van der Waals surface area contributed by atoms with E-state index < -0.39 is 0 Å². The van der Waals surface area contributed by atoms with Gasteiger partial charge < -0.3 is 4.74 Å². The van der Waals surface area contributed by atoms with E-state index in [0.717, 1.165) is 0 Å². The van der Waals surface area contributed by atoms with E-state index in [4.69, 9.17) is 9.72 Å². The van der Waals surface area contributed by atoms with Crippen molar-refractivity contribution in [2.24, 2.45) is 0 Å². The Kier molecular flexibility index (Phi) is 4.78. The number of imide groups is 1. The molecule has 0 fully saturated rings. The topological polar surface area (TPSA) is 81.5 Å². The van der Waals surface area contributed by atoms with Crippen LogP contribution in [0.1, 0.15) is 26.5 Å². The molecule has 5 rings (SSSR count). The Morgan fingerprint density at radius 3 is 2.25 bits per heavy atom. The van der Waals surface area contributed by atoms with Gasteiger partial charge in [0.2, 0.25) is 0 Å². The standard InChI is InChI=1S/C25H19N3O4/c1-32-17-8-6-7-16(15-17)28-22(26-21-12-5-4-11-20(21)25(28)31)13-14-27-23(29)18-9-2-3-10-19(18)24(27)30/h2-12,15H,13-14H2,1H3. The van der Waals surface area contributed by atoms with Crippen LogP contribution in [0.2, 0.25) is 0 Å². The number of fused-ring (bicyclic) bond motifs is 2. The molecule has 0 unspecified atom stereocenters. The van der Waals surface area contributed by atoms with E-state index in [1.807, 2.05) is 6.07 Å². The van der Waals surface area contributed by atoms with Crippen LogP contribution in [0, 0.1) is 0 Å². The van der Waals surface area contributed by atoms with E-state index in [-0.39, 0.29) is 30.3 Å². The van der Waals surface area contributed by atoms with Gasteiger partial charge in [-0.25, -0.2) is 4.98 Å². The molecule has 7 nitrogen and oxygen atoms in total. The quantitative estimate of drug-likeness (QED) is 0.459. The molecule has 0 saturated carbocycles. The van der Waals surface area contributed by atoms with E-state index >= 15 is 0 Å². The fourth-order valence-electron chi connectivity index (χ4n) is 4.02. The van der Waals surface area contributed by atoms with Gasteiger partial charge in [-0.05, 0) is 36.4 Å². The van der Waals surface area contributed by atoms with Gasteiger partial charge in [0, 0.05) is 19.0 Å². The van der Waals surface area contributed by atoms with Crippen LogP contribution in [0.5, 0.6) is 5.75 Å². The molecular weight excluding hydrogens is 406 g/mol. The van der Waals surface area contributed by atoms with Crippen LogP contribution in [0.25, 0.3) is 16.6 Å². The summed E-state index contributed by atoms with van der Waals surface area (Å²) in [5, 5.41) is 0.486. The number of carbonyl (C=O) groups excluding carboxylic acids is 2. The highest BCUT2D eigenvalue weighted by atomic mass is 16.5. The van der Waals surface area contributed by atoms with Gasteiger partial charge in [-0.15, -0.1) is 0 Å². The van der Waals surface area contributed by atoms with E-state index in [1.165, 1.54) is 9.47 Å². The number of hydrogen-bond donors (Lipinski definition) is 0. The van der Waals surface area contributed by atoms with Crippen molar-refractivity contribution in [3.05, 3.63) is 100 Å². The third kappa shape index (κ3) is 3.15. The molecule has 3 aromatic carbocycles. The molecule has 0 bridgehead atoms. The van der Waals surface area contributed by atoms with Crippen LogP contribution in [0.3, 0.4) is 0 Å². The van der Waals surface area contributed by atoms with Crippen LogP contribution >= 0.6 is 0 Å². The maximum Gasteiger partial charge on any atom is 0.265 e. The van der Waals surface area contributed by atoms with Crippen molar-refractivity contribution in [2.45, 2.75) is 6.42 Å². The van der Waals surface area contributed by atoms with Gasteiger partial charge in [0.1, 0.15) is 11.6 Å². The minimum atomic E-state index is -0.332. The van der Waals surface area contributed by atoms with Crippen molar-refractivity contribution >= 4 is 22.7 Å². The molecule has 158 valence electrons. The molecular formula is C25H19N3O4. The molecule has 0 saturated heterocycles. The fraction of sp³-hybridized carbons (Fsp3) is 0.120. The van der Waals surface area contributed by atoms with Gasteiger partial charge in [-0.1, -0.05) is 30.3 Å². The van der Waals surface area contributed by atoms with Crippen molar-refractivity contribution < 1.29 is 14.3 Å². The predicted octanol–water partition coefficient (Wildman–Crippen LogP) is 3.23. The zero-order valence-corrected chi connectivity index (χ0v) is 17.3. The van der Waals surface area contributed by atoms with Gasteiger partial charge in [-0.2, -0.15) is 0 Å². The highest BCUT2D eigenvalue weighted by molar-refractivity contribution is 6.21. The van der Waals surface area contributed by atoms with Crippen molar-refractivity contribution in [1.29, 1.82) is 0 Å². The van der Waals surface area contributed by atoms with Gasteiger partial charge in [0.25, 0.3) is 17.4 Å². The highest BCUT2D eigenvalue weighted by Crippen LogP contribution is 2.23. The number of nitrogens with zero attached hydrogens (tertiary/aromatic N) is 3. The number of para-hydroxylation sites is 1. The molecule has 1 aromatic heterocycles. The summed E-state index contributed by atoms with van der Waals surface area (Å²) in [6, 6.07) is 21.0. The van der Waals surface area contributed by atoms with Gasteiger partial charge in [0.15, 0.2) is 0 Å². The summed E-state index contributed by atoms with van der Waals surface area (Å²) in [4.78, 5) is 44.8. The van der Waals surface area contributed by atoms with E-state index in [0.29, 0.717) is 39.3 Å². The molecule has 2 heterocycles. The third-order valence-electron chi connectivity index (χ3n) is 5.59. The van der Waals surface area contributed by atoms with Gasteiger partial charge in [-0.3, -0.25) is 23.9 Å². The lowest BCUT2D eigenvalue weighted by Crippen LogP contribution is -2.33. The van der Waals surface area contributed by atoms with E-state index in [9.17, 15) is 14.4 Å². The first-order valence-corrected chi connectivity index (χ1v) is 10.2. The molecule has 1 aliphatic rings. The summed E-state index contributed by atoms with van der Waals surface area (Å²) in [5.41, 5.74) is 1.74. The van der Waals surface area contributed by atoms with Crippen LogP contribution in [0.4, 0.5) is 0 Å². The highest BCUT2D eigenvalue weighted by Gasteiger charge is 2.35. The Bertz CT molecular complexity index is 1410. The molecule has 1 aliphatic heterocycles. The first-order valence-electron chi connectivity index (χ1n) is 10.2. The molecule has 7 heteroatoms. The number of rotatable bonds is 5. The number of carbonyl (C=O) groups is 2. The van der Waals surface area contributed by atoms with Gasteiger partial charge in [0.05, 0.1) is 34.8 Å². The van der Waals surface area contributed by atoms with E-state index in [1.54, 1.807) is 73.8 Å². The average Bonchev–Trinajstić information content (AvgIpc) is 3.07. The molecule has 4 aromatic rings. The first-order chi connectivity index (χ1) is 15.6. The number of benzene rings is 3. The molecule has 0 aliphatic carbocycles. The van der Waals surface area contributed by atoms with Crippen molar-refractivity contribution in [3.63, 3.8) is 0 Å². The van der Waals surface area contributed by atoms with E-state index in [2.05, 4.69) is 0 Å². The zero-order valence-electron chi connectivity index (χ0n) is 17.3. The first kappa shape index (κ1) is 19.7. The number of aromatic nitrogens is 2. The van der Waals surface area contributed by atoms with Crippen molar-refractivity contribution in [1.82, 2.24) is 14.5 Å². The smallest absolute Gasteiger partial charge is 0.265 e.